The molecule has 2 atom stereocenters. The quantitative estimate of drug-likeness (QED) is 0.770. The largest absolute Gasteiger partial charge is 0.310 e. The van der Waals surface area contributed by atoms with Crippen LogP contribution < -0.4 is 5.32 Å². The van der Waals surface area contributed by atoms with E-state index >= 15 is 0 Å². The summed E-state index contributed by atoms with van der Waals surface area (Å²) in [5.41, 5.74) is 0. The summed E-state index contributed by atoms with van der Waals surface area (Å²) in [5, 5.41) is 3.85. The third-order valence-corrected chi connectivity index (χ3v) is 5.39. The van der Waals surface area contributed by atoms with Crippen LogP contribution in [0.15, 0.2) is 0 Å². The molecule has 1 saturated heterocycles. The van der Waals surface area contributed by atoms with E-state index in [1.165, 1.54) is 50.0 Å². The van der Waals surface area contributed by atoms with Gasteiger partial charge in [-0.2, -0.15) is 11.8 Å². The highest BCUT2D eigenvalue weighted by Crippen LogP contribution is 2.44. The Morgan fingerprint density at radius 3 is 2.36 bits per heavy atom. The highest BCUT2D eigenvalue weighted by molar-refractivity contribution is 8.00. The van der Waals surface area contributed by atoms with Gasteiger partial charge in [-0.1, -0.05) is 12.8 Å². The Kier molecular flexibility index (Phi) is 2.76. The SMILES string of the molecule is C1CC(NC2CSC2)CC(C2CC2)C1. The van der Waals surface area contributed by atoms with Crippen LogP contribution in [-0.4, -0.2) is 23.6 Å². The van der Waals surface area contributed by atoms with Gasteiger partial charge < -0.3 is 5.32 Å². The minimum Gasteiger partial charge on any atom is -0.310 e. The predicted octanol–water partition coefficient (Wildman–Crippen LogP) is 2.66. The van der Waals surface area contributed by atoms with Crippen LogP contribution in [0, 0.1) is 11.8 Å². The fourth-order valence-electron chi connectivity index (χ4n) is 3.04. The van der Waals surface area contributed by atoms with Gasteiger partial charge in [-0.05, 0) is 37.5 Å². The molecule has 1 heterocycles. The summed E-state index contributed by atoms with van der Waals surface area (Å²) in [5.74, 6) is 4.96. The first-order valence-corrected chi connectivity index (χ1v) is 7.41. The zero-order valence-electron chi connectivity index (χ0n) is 8.87. The molecule has 3 rings (SSSR count). The van der Waals surface area contributed by atoms with Gasteiger partial charge >= 0.3 is 0 Å². The average molecular weight is 211 g/mol. The van der Waals surface area contributed by atoms with Crippen LogP contribution in [0.3, 0.4) is 0 Å². The van der Waals surface area contributed by atoms with E-state index in [0.29, 0.717) is 0 Å². The molecule has 0 radical (unpaired) electrons. The van der Waals surface area contributed by atoms with Crippen molar-refractivity contribution in [2.45, 2.75) is 50.6 Å². The fourth-order valence-corrected chi connectivity index (χ4v) is 3.70. The molecule has 2 unspecified atom stereocenters. The van der Waals surface area contributed by atoms with Gasteiger partial charge in [0.1, 0.15) is 0 Å². The maximum atomic E-state index is 3.85. The molecule has 2 heteroatoms. The minimum atomic E-state index is 0.864. The summed E-state index contributed by atoms with van der Waals surface area (Å²) < 4.78 is 0. The van der Waals surface area contributed by atoms with Crippen LogP contribution in [-0.2, 0) is 0 Å². The van der Waals surface area contributed by atoms with Crippen LogP contribution in [0.4, 0.5) is 0 Å². The van der Waals surface area contributed by atoms with Crippen molar-refractivity contribution in [3.63, 3.8) is 0 Å². The molecule has 0 bridgehead atoms. The second kappa shape index (κ2) is 4.05. The topological polar surface area (TPSA) is 12.0 Å². The third-order valence-electron chi connectivity index (χ3n) is 4.11. The van der Waals surface area contributed by atoms with Crippen LogP contribution >= 0.6 is 11.8 Å². The van der Waals surface area contributed by atoms with Gasteiger partial charge in [0.05, 0.1) is 0 Å². The van der Waals surface area contributed by atoms with E-state index in [9.17, 15) is 0 Å². The van der Waals surface area contributed by atoms with Gasteiger partial charge in [-0.25, -0.2) is 0 Å². The summed E-state index contributed by atoms with van der Waals surface area (Å²) in [6.07, 6.45) is 9.03. The Morgan fingerprint density at radius 1 is 0.857 bits per heavy atom. The van der Waals surface area contributed by atoms with Gasteiger partial charge in [-0.3, -0.25) is 0 Å². The number of hydrogen-bond donors (Lipinski definition) is 1. The Morgan fingerprint density at radius 2 is 1.71 bits per heavy atom. The van der Waals surface area contributed by atoms with Gasteiger partial charge in [0.25, 0.3) is 0 Å². The molecule has 2 saturated carbocycles. The number of rotatable bonds is 3. The zero-order valence-corrected chi connectivity index (χ0v) is 9.69. The second-order valence-electron chi connectivity index (χ2n) is 5.36. The number of nitrogens with one attached hydrogen (secondary N) is 1. The lowest BCUT2D eigenvalue weighted by atomic mass is 9.82. The van der Waals surface area contributed by atoms with E-state index in [-0.39, 0.29) is 0 Å². The van der Waals surface area contributed by atoms with Gasteiger partial charge in [-0.15, -0.1) is 0 Å². The number of hydrogen-bond acceptors (Lipinski definition) is 2. The molecule has 3 aliphatic rings. The van der Waals surface area contributed by atoms with Crippen molar-refractivity contribution in [1.82, 2.24) is 5.32 Å². The molecular formula is C12H21NS. The molecule has 0 amide bonds. The molecule has 0 aromatic carbocycles. The first kappa shape index (κ1) is 9.53. The highest BCUT2D eigenvalue weighted by Gasteiger charge is 2.35. The molecule has 1 nitrogen and oxygen atoms in total. The van der Waals surface area contributed by atoms with Crippen LogP contribution in [0.1, 0.15) is 38.5 Å². The summed E-state index contributed by atoms with van der Waals surface area (Å²) in [6.45, 7) is 0. The second-order valence-corrected chi connectivity index (χ2v) is 6.44. The lowest BCUT2D eigenvalue weighted by molar-refractivity contribution is 0.251. The Bertz CT molecular complexity index is 198. The highest BCUT2D eigenvalue weighted by atomic mass is 32.2. The Labute approximate surface area is 91.4 Å². The standard InChI is InChI=1S/C12H21NS/c1-2-10(9-4-5-9)6-11(3-1)13-12-7-14-8-12/h9-13H,1-8H2. The van der Waals surface area contributed by atoms with E-state index < -0.39 is 0 Å². The van der Waals surface area contributed by atoms with E-state index in [1.807, 2.05) is 0 Å². The van der Waals surface area contributed by atoms with Crippen LogP contribution in [0.2, 0.25) is 0 Å². The van der Waals surface area contributed by atoms with Crippen molar-refractivity contribution in [1.29, 1.82) is 0 Å². The lowest BCUT2D eigenvalue weighted by Gasteiger charge is -2.36. The lowest BCUT2D eigenvalue weighted by Crippen LogP contribution is -2.47. The summed E-state index contributed by atoms with van der Waals surface area (Å²) in [7, 11) is 0. The molecule has 0 spiro atoms. The molecular weight excluding hydrogens is 190 g/mol. The van der Waals surface area contributed by atoms with Crippen molar-refractivity contribution in [2.24, 2.45) is 11.8 Å². The first-order valence-electron chi connectivity index (χ1n) is 6.25. The van der Waals surface area contributed by atoms with Gasteiger partial charge in [0.2, 0.25) is 0 Å². The van der Waals surface area contributed by atoms with Gasteiger partial charge in [0.15, 0.2) is 0 Å². The zero-order chi connectivity index (χ0) is 9.38. The predicted molar refractivity (Wildman–Crippen MR) is 62.7 cm³/mol. The minimum absolute atomic E-state index is 0.864. The van der Waals surface area contributed by atoms with E-state index in [1.54, 1.807) is 0 Å². The molecule has 1 aliphatic heterocycles. The Hall–Kier alpha value is 0.310. The molecule has 0 aromatic heterocycles. The molecule has 3 fully saturated rings. The normalized spacial score (nSPS) is 39.4. The maximum absolute atomic E-state index is 3.85. The molecule has 80 valence electrons. The first-order chi connectivity index (χ1) is 6.92. The van der Waals surface area contributed by atoms with Crippen molar-refractivity contribution in [3.8, 4) is 0 Å². The summed E-state index contributed by atoms with van der Waals surface area (Å²) in [4.78, 5) is 0. The summed E-state index contributed by atoms with van der Waals surface area (Å²) in [6, 6.07) is 1.74. The van der Waals surface area contributed by atoms with Crippen molar-refractivity contribution < 1.29 is 0 Å². The molecule has 14 heavy (non-hydrogen) atoms. The summed E-state index contributed by atoms with van der Waals surface area (Å²) >= 11 is 2.09. The molecule has 2 aliphatic carbocycles. The van der Waals surface area contributed by atoms with Crippen molar-refractivity contribution >= 4 is 11.8 Å². The van der Waals surface area contributed by atoms with E-state index in [4.69, 9.17) is 0 Å². The monoisotopic (exact) mass is 211 g/mol. The smallest absolute Gasteiger partial charge is 0.0251 e. The maximum Gasteiger partial charge on any atom is 0.0251 e. The fraction of sp³-hybridized carbons (Fsp3) is 1.00. The van der Waals surface area contributed by atoms with Crippen molar-refractivity contribution in [3.05, 3.63) is 0 Å². The Balaban J connectivity index is 1.47. The average Bonchev–Trinajstić information content (AvgIpc) is 2.95. The van der Waals surface area contributed by atoms with E-state index in [0.717, 1.165) is 23.9 Å². The van der Waals surface area contributed by atoms with E-state index in [2.05, 4.69) is 17.1 Å². The molecule has 1 N–H and O–H groups in total. The van der Waals surface area contributed by atoms with Crippen molar-refractivity contribution in [2.75, 3.05) is 11.5 Å². The number of thioether (sulfide) groups is 1. The van der Waals surface area contributed by atoms with Crippen LogP contribution in [0.25, 0.3) is 0 Å². The van der Waals surface area contributed by atoms with Gasteiger partial charge in [0, 0.05) is 23.6 Å². The molecule has 0 aromatic rings. The third kappa shape index (κ3) is 2.11. The van der Waals surface area contributed by atoms with Crippen LogP contribution in [0.5, 0.6) is 0 Å².